The summed E-state index contributed by atoms with van der Waals surface area (Å²) in [6.45, 7) is 9.37. The van der Waals surface area contributed by atoms with Crippen molar-refractivity contribution in [1.29, 1.82) is 0 Å². The maximum absolute atomic E-state index is 2.57. The standard InChI is InChI=1S/C32H63N2/c1-4-7-9-11-13-15-17-18-20-22-24-26-29-34-31-30-33(32(34)27-6-3)28-25-23-21-19-16-14-12-10-8-5-2/h30-31H,4-29H2,1-3H3/q+1. The summed E-state index contributed by atoms with van der Waals surface area (Å²) in [5.74, 6) is 1.57. The molecular weight excluding hydrogens is 412 g/mol. The second-order valence-corrected chi connectivity index (χ2v) is 10.9. The van der Waals surface area contributed by atoms with Crippen molar-refractivity contribution >= 4 is 0 Å². The zero-order valence-electron chi connectivity index (χ0n) is 23.9. The Bertz CT molecular complexity index is 533. The average molecular weight is 476 g/mol. The third-order valence-electron chi connectivity index (χ3n) is 7.57. The Morgan fingerprint density at radius 2 is 0.912 bits per heavy atom. The van der Waals surface area contributed by atoms with E-state index in [0.29, 0.717) is 0 Å². The molecule has 0 N–H and O–H groups in total. The largest absolute Gasteiger partial charge is 0.256 e. The molecule has 1 rings (SSSR count). The third kappa shape index (κ3) is 16.8. The summed E-state index contributed by atoms with van der Waals surface area (Å²) in [4.78, 5) is 0. The molecule has 0 aliphatic rings. The highest BCUT2D eigenvalue weighted by Crippen LogP contribution is 2.13. The highest BCUT2D eigenvalue weighted by atomic mass is 15.1. The molecule has 0 saturated carbocycles. The van der Waals surface area contributed by atoms with E-state index >= 15 is 0 Å². The molecule has 2 nitrogen and oxygen atoms in total. The Balaban J connectivity index is 2.09. The van der Waals surface area contributed by atoms with Gasteiger partial charge in [0, 0.05) is 6.42 Å². The van der Waals surface area contributed by atoms with E-state index in [1.54, 1.807) is 5.82 Å². The fourth-order valence-corrected chi connectivity index (χ4v) is 5.31. The minimum Gasteiger partial charge on any atom is -0.234 e. The van der Waals surface area contributed by atoms with Crippen molar-refractivity contribution in [2.45, 2.75) is 188 Å². The Labute approximate surface area is 215 Å². The lowest BCUT2D eigenvalue weighted by Gasteiger charge is -2.06. The normalized spacial score (nSPS) is 11.5. The van der Waals surface area contributed by atoms with Crippen LogP contribution in [0, 0.1) is 0 Å². The molecule has 1 heterocycles. The lowest BCUT2D eigenvalue weighted by molar-refractivity contribution is -0.704. The molecule has 0 fully saturated rings. The molecule has 0 aromatic carbocycles. The van der Waals surface area contributed by atoms with E-state index in [9.17, 15) is 0 Å². The number of aryl methyl sites for hydroxylation is 2. The van der Waals surface area contributed by atoms with Crippen LogP contribution in [0.25, 0.3) is 0 Å². The molecule has 0 bridgehead atoms. The van der Waals surface area contributed by atoms with Crippen molar-refractivity contribution in [3.63, 3.8) is 0 Å². The Morgan fingerprint density at radius 3 is 1.35 bits per heavy atom. The summed E-state index contributed by atoms with van der Waals surface area (Å²) in [5.41, 5.74) is 0. The van der Waals surface area contributed by atoms with E-state index in [4.69, 9.17) is 0 Å². The summed E-state index contributed by atoms with van der Waals surface area (Å²) in [6, 6.07) is 0. The number of nitrogens with zero attached hydrogens (tertiary/aromatic N) is 2. The molecule has 0 aliphatic carbocycles. The van der Waals surface area contributed by atoms with Crippen molar-refractivity contribution in [3.8, 4) is 0 Å². The molecule has 0 aliphatic heterocycles. The molecule has 1 aromatic heterocycles. The number of unbranched alkanes of at least 4 members (excludes halogenated alkanes) is 20. The highest BCUT2D eigenvalue weighted by Gasteiger charge is 2.15. The second kappa shape index (κ2) is 23.9. The summed E-state index contributed by atoms with van der Waals surface area (Å²) in [6.07, 6.45) is 38.6. The fourth-order valence-electron chi connectivity index (χ4n) is 5.31. The Kier molecular flexibility index (Phi) is 22.0. The lowest BCUT2D eigenvalue weighted by atomic mass is 10.1. The van der Waals surface area contributed by atoms with Gasteiger partial charge in [0.05, 0.1) is 13.1 Å². The van der Waals surface area contributed by atoms with Crippen molar-refractivity contribution in [2.75, 3.05) is 0 Å². The van der Waals surface area contributed by atoms with E-state index < -0.39 is 0 Å². The van der Waals surface area contributed by atoms with Crippen LogP contribution in [0.5, 0.6) is 0 Å². The predicted molar refractivity (Wildman–Crippen MR) is 152 cm³/mol. The van der Waals surface area contributed by atoms with Gasteiger partial charge >= 0.3 is 0 Å². The molecule has 34 heavy (non-hydrogen) atoms. The van der Waals surface area contributed by atoms with Gasteiger partial charge in [-0.15, -0.1) is 0 Å². The molecule has 0 spiro atoms. The number of hydrogen-bond acceptors (Lipinski definition) is 0. The smallest absolute Gasteiger partial charge is 0.234 e. The minimum atomic E-state index is 1.22. The van der Waals surface area contributed by atoms with Gasteiger partial charge in [0.2, 0.25) is 0 Å². The molecule has 0 amide bonds. The maximum atomic E-state index is 2.57. The minimum absolute atomic E-state index is 1.22. The first kappa shape index (κ1) is 31.2. The Morgan fingerprint density at radius 1 is 0.500 bits per heavy atom. The molecule has 0 unspecified atom stereocenters. The average Bonchev–Trinajstić information content (AvgIpc) is 3.22. The van der Waals surface area contributed by atoms with Gasteiger partial charge < -0.3 is 0 Å². The van der Waals surface area contributed by atoms with E-state index in [1.165, 1.54) is 167 Å². The maximum Gasteiger partial charge on any atom is 0.256 e. The zero-order valence-corrected chi connectivity index (χ0v) is 23.9. The zero-order chi connectivity index (χ0) is 24.5. The summed E-state index contributed by atoms with van der Waals surface area (Å²) in [7, 11) is 0. The topological polar surface area (TPSA) is 8.81 Å². The first-order valence-corrected chi connectivity index (χ1v) is 15.9. The van der Waals surface area contributed by atoms with E-state index in [2.05, 4.69) is 42.3 Å². The van der Waals surface area contributed by atoms with Crippen LogP contribution >= 0.6 is 0 Å². The fraction of sp³-hybridized carbons (Fsp3) is 0.906. The van der Waals surface area contributed by atoms with Crippen LogP contribution < -0.4 is 4.57 Å². The molecule has 0 saturated heterocycles. The quantitative estimate of drug-likeness (QED) is 0.0930. The molecule has 0 radical (unpaired) electrons. The monoisotopic (exact) mass is 475 g/mol. The summed E-state index contributed by atoms with van der Waals surface area (Å²) in [5, 5.41) is 0. The van der Waals surface area contributed by atoms with Gasteiger partial charge in [0.25, 0.3) is 5.82 Å². The predicted octanol–water partition coefficient (Wildman–Crippen LogP) is 10.4. The third-order valence-corrected chi connectivity index (χ3v) is 7.57. The van der Waals surface area contributed by atoms with Crippen LogP contribution in [0.1, 0.15) is 174 Å². The van der Waals surface area contributed by atoms with E-state index in [1.807, 2.05) is 0 Å². The first-order chi connectivity index (χ1) is 16.8. The number of rotatable bonds is 26. The summed E-state index contributed by atoms with van der Waals surface area (Å²) >= 11 is 0. The Hall–Kier alpha value is -0.790. The van der Waals surface area contributed by atoms with Gasteiger partial charge in [0.15, 0.2) is 0 Å². The van der Waals surface area contributed by atoms with Crippen molar-refractivity contribution < 1.29 is 4.57 Å². The van der Waals surface area contributed by atoms with Gasteiger partial charge in [-0.05, 0) is 32.1 Å². The molecule has 0 atom stereocenters. The van der Waals surface area contributed by atoms with Gasteiger partial charge in [-0.2, -0.15) is 0 Å². The summed E-state index contributed by atoms with van der Waals surface area (Å²) < 4.78 is 5.13. The van der Waals surface area contributed by atoms with Crippen LogP contribution in [0.4, 0.5) is 0 Å². The van der Waals surface area contributed by atoms with Gasteiger partial charge in [-0.25, -0.2) is 9.13 Å². The lowest BCUT2D eigenvalue weighted by Crippen LogP contribution is -2.37. The van der Waals surface area contributed by atoms with Crippen LogP contribution in [-0.2, 0) is 19.5 Å². The SMILES string of the molecule is CCCCCCCCCCCCCCn1cc[n+](CCCCCCCCCCCC)c1CCC. The van der Waals surface area contributed by atoms with Crippen molar-refractivity contribution in [1.82, 2.24) is 4.57 Å². The van der Waals surface area contributed by atoms with Crippen LogP contribution in [-0.4, -0.2) is 4.57 Å². The number of hydrogen-bond donors (Lipinski definition) is 0. The van der Waals surface area contributed by atoms with Crippen molar-refractivity contribution in [3.05, 3.63) is 18.2 Å². The molecule has 1 aromatic rings. The van der Waals surface area contributed by atoms with Crippen LogP contribution in [0.2, 0.25) is 0 Å². The van der Waals surface area contributed by atoms with Crippen LogP contribution in [0.15, 0.2) is 12.4 Å². The second-order valence-electron chi connectivity index (χ2n) is 10.9. The van der Waals surface area contributed by atoms with Gasteiger partial charge in [-0.3, -0.25) is 0 Å². The first-order valence-electron chi connectivity index (χ1n) is 15.9. The molecule has 200 valence electrons. The molecule has 2 heteroatoms. The molecular formula is C32H63N2+. The van der Waals surface area contributed by atoms with Crippen molar-refractivity contribution in [2.24, 2.45) is 0 Å². The van der Waals surface area contributed by atoms with Gasteiger partial charge in [-0.1, -0.05) is 136 Å². The van der Waals surface area contributed by atoms with Gasteiger partial charge in [0.1, 0.15) is 12.4 Å². The highest BCUT2D eigenvalue weighted by molar-refractivity contribution is 4.84. The number of imidazole rings is 1. The van der Waals surface area contributed by atoms with Crippen LogP contribution in [0.3, 0.4) is 0 Å². The number of aromatic nitrogens is 2. The van der Waals surface area contributed by atoms with E-state index in [0.717, 1.165) is 0 Å². The van der Waals surface area contributed by atoms with E-state index in [-0.39, 0.29) is 0 Å².